The van der Waals surface area contributed by atoms with E-state index in [1.54, 1.807) is 0 Å². The lowest BCUT2D eigenvalue weighted by Crippen LogP contribution is -1.94. The van der Waals surface area contributed by atoms with Gasteiger partial charge in [0.15, 0.2) is 0 Å². The Labute approximate surface area is 111 Å². The molecule has 18 heavy (non-hydrogen) atoms. The van der Waals surface area contributed by atoms with Gasteiger partial charge in [0.25, 0.3) is 0 Å². The molecular formula is C13H27O4P. The summed E-state index contributed by atoms with van der Waals surface area (Å²) in [6.45, 7) is 0. The third-order valence-electron chi connectivity index (χ3n) is 3.06. The van der Waals surface area contributed by atoms with Gasteiger partial charge >= 0.3 is 7.60 Å². The summed E-state index contributed by atoms with van der Waals surface area (Å²) in [6, 6.07) is 0. The van der Waals surface area contributed by atoms with Gasteiger partial charge in [-0.2, -0.15) is 0 Å². The van der Waals surface area contributed by atoms with Crippen LogP contribution in [0.15, 0.2) is 0 Å². The Morgan fingerprint density at radius 1 is 0.833 bits per heavy atom. The number of aldehydes is 1. The van der Waals surface area contributed by atoms with Crippen LogP contribution in [0.3, 0.4) is 0 Å². The van der Waals surface area contributed by atoms with E-state index in [0.29, 0.717) is 12.6 Å². The topological polar surface area (TPSA) is 52.6 Å². The first-order valence-corrected chi connectivity index (χ1v) is 8.55. The molecule has 0 heterocycles. The maximum Gasteiger partial charge on any atom is 0.330 e. The quantitative estimate of drug-likeness (QED) is 0.288. The number of hydrogen-bond donors (Lipinski definition) is 0. The van der Waals surface area contributed by atoms with Crippen molar-refractivity contribution in [3.05, 3.63) is 0 Å². The van der Waals surface area contributed by atoms with Gasteiger partial charge < -0.3 is 13.8 Å². The lowest BCUT2D eigenvalue weighted by molar-refractivity contribution is -0.107. The largest absolute Gasteiger partial charge is 0.330 e. The van der Waals surface area contributed by atoms with Crippen molar-refractivity contribution in [2.24, 2.45) is 0 Å². The fraction of sp³-hybridized carbons (Fsp3) is 0.923. The van der Waals surface area contributed by atoms with Crippen LogP contribution in [0.5, 0.6) is 0 Å². The maximum atomic E-state index is 11.7. The van der Waals surface area contributed by atoms with Crippen LogP contribution in [-0.2, 0) is 18.4 Å². The number of rotatable bonds is 13. The molecular weight excluding hydrogens is 251 g/mol. The van der Waals surface area contributed by atoms with Gasteiger partial charge in [-0.25, -0.2) is 0 Å². The van der Waals surface area contributed by atoms with Crippen molar-refractivity contribution in [2.45, 2.75) is 57.8 Å². The third kappa shape index (κ3) is 9.81. The summed E-state index contributed by atoms with van der Waals surface area (Å²) in [6.07, 6.45) is 11.2. The van der Waals surface area contributed by atoms with Crippen LogP contribution >= 0.6 is 7.60 Å². The molecule has 0 aromatic heterocycles. The summed E-state index contributed by atoms with van der Waals surface area (Å²) >= 11 is 0. The molecule has 0 atom stereocenters. The molecule has 0 aliphatic rings. The molecule has 0 saturated heterocycles. The van der Waals surface area contributed by atoms with E-state index >= 15 is 0 Å². The van der Waals surface area contributed by atoms with Crippen molar-refractivity contribution < 1.29 is 18.4 Å². The maximum absolute atomic E-state index is 11.7. The first-order valence-electron chi connectivity index (χ1n) is 6.82. The van der Waals surface area contributed by atoms with Gasteiger partial charge in [-0.15, -0.1) is 0 Å². The predicted molar refractivity (Wildman–Crippen MR) is 74.1 cm³/mol. The minimum Gasteiger partial charge on any atom is -0.312 e. The van der Waals surface area contributed by atoms with E-state index in [4.69, 9.17) is 9.05 Å². The lowest BCUT2D eigenvalue weighted by atomic mass is 10.1. The van der Waals surface area contributed by atoms with Crippen molar-refractivity contribution >= 4 is 13.9 Å². The van der Waals surface area contributed by atoms with Gasteiger partial charge in [-0.05, 0) is 12.8 Å². The molecule has 5 heteroatoms. The molecule has 0 unspecified atom stereocenters. The predicted octanol–water partition coefficient (Wildman–Crippen LogP) is 4.18. The van der Waals surface area contributed by atoms with E-state index in [0.717, 1.165) is 32.0 Å². The van der Waals surface area contributed by atoms with Crippen LogP contribution in [0.4, 0.5) is 0 Å². The summed E-state index contributed by atoms with van der Waals surface area (Å²) in [5, 5.41) is 0. The Kier molecular flexibility index (Phi) is 11.8. The highest BCUT2D eigenvalue weighted by Gasteiger charge is 2.19. The average molecular weight is 278 g/mol. The summed E-state index contributed by atoms with van der Waals surface area (Å²) < 4.78 is 21.5. The van der Waals surface area contributed by atoms with E-state index in [-0.39, 0.29) is 0 Å². The van der Waals surface area contributed by atoms with Gasteiger partial charge in [-0.3, -0.25) is 4.57 Å². The summed E-state index contributed by atoms with van der Waals surface area (Å²) in [7, 11) is 0.0801. The standard InChI is InChI=1S/C13H27O4P/c1-16-18(15,17-2)13-11-9-7-5-3-4-6-8-10-12-14/h12H,3-11,13H2,1-2H3. The molecule has 0 saturated carbocycles. The normalized spacial score (nSPS) is 11.7. The summed E-state index contributed by atoms with van der Waals surface area (Å²) in [4.78, 5) is 10.1. The fourth-order valence-electron chi connectivity index (χ4n) is 1.85. The summed E-state index contributed by atoms with van der Waals surface area (Å²) in [5.41, 5.74) is 0. The third-order valence-corrected chi connectivity index (χ3v) is 5.04. The van der Waals surface area contributed by atoms with Crippen LogP contribution < -0.4 is 0 Å². The second-order valence-corrected chi connectivity index (χ2v) is 6.88. The number of carbonyl (C=O) groups excluding carboxylic acids is 1. The molecule has 0 bridgehead atoms. The van der Waals surface area contributed by atoms with Crippen molar-refractivity contribution in [2.75, 3.05) is 20.4 Å². The Bertz CT molecular complexity index is 235. The number of unbranched alkanes of at least 4 members (excludes halogenated alkanes) is 8. The molecule has 0 rings (SSSR count). The minimum atomic E-state index is -2.79. The molecule has 108 valence electrons. The highest BCUT2D eigenvalue weighted by atomic mass is 31.2. The van der Waals surface area contributed by atoms with Crippen molar-refractivity contribution in [3.8, 4) is 0 Å². The highest BCUT2D eigenvalue weighted by molar-refractivity contribution is 7.53. The number of carbonyl (C=O) groups is 1. The van der Waals surface area contributed by atoms with Crippen LogP contribution in [-0.4, -0.2) is 26.7 Å². The van der Waals surface area contributed by atoms with Gasteiger partial charge in [0.05, 0.1) is 6.16 Å². The van der Waals surface area contributed by atoms with Gasteiger partial charge in [-0.1, -0.05) is 38.5 Å². The second kappa shape index (κ2) is 11.9. The Morgan fingerprint density at radius 2 is 1.28 bits per heavy atom. The molecule has 0 aromatic rings. The van der Waals surface area contributed by atoms with Gasteiger partial charge in [0.1, 0.15) is 6.29 Å². The minimum absolute atomic E-state index is 0.513. The van der Waals surface area contributed by atoms with Crippen molar-refractivity contribution in [3.63, 3.8) is 0 Å². The van der Waals surface area contributed by atoms with Crippen molar-refractivity contribution in [1.29, 1.82) is 0 Å². The zero-order valence-electron chi connectivity index (χ0n) is 11.7. The molecule has 0 aromatic carbocycles. The van der Waals surface area contributed by atoms with Crippen LogP contribution in [0, 0.1) is 0 Å². The zero-order chi connectivity index (χ0) is 13.7. The molecule has 0 N–H and O–H groups in total. The molecule has 0 aliphatic heterocycles. The highest BCUT2D eigenvalue weighted by Crippen LogP contribution is 2.47. The average Bonchev–Trinajstić information content (AvgIpc) is 2.40. The van der Waals surface area contributed by atoms with Gasteiger partial charge in [0.2, 0.25) is 0 Å². The van der Waals surface area contributed by atoms with E-state index < -0.39 is 7.60 Å². The zero-order valence-corrected chi connectivity index (χ0v) is 12.6. The summed E-state index contributed by atoms with van der Waals surface area (Å²) in [5.74, 6) is 0. The van der Waals surface area contributed by atoms with E-state index in [1.165, 1.54) is 39.9 Å². The van der Waals surface area contributed by atoms with E-state index in [9.17, 15) is 9.36 Å². The lowest BCUT2D eigenvalue weighted by Gasteiger charge is -2.12. The van der Waals surface area contributed by atoms with Crippen LogP contribution in [0.1, 0.15) is 57.8 Å². The molecule has 0 aliphatic carbocycles. The fourth-order valence-corrected chi connectivity index (χ4v) is 2.98. The van der Waals surface area contributed by atoms with E-state index in [1.807, 2.05) is 0 Å². The molecule has 0 spiro atoms. The smallest absolute Gasteiger partial charge is 0.312 e. The molecule has 0 fully saturated rings. The van der Waals surface area contributed by atoms with Gasteiger partial charge in [0, 0.05) is 20.6 Å². The second-order valence-electron chi connectivity index (χ2n) is 4.48. The molecule has 0 amide bonds. The van der Waals surface area contributed by atoms with E-state index in [2.05, 4.69) is 0 Å². The molecule has 4 nitrogen and oxygen atoms in total. The SMILES string of the molecule is COP(=O)(CCCCCCCCCCC=O)OC. The Morgan fingerprint density at radius 3 is 1.72 bits per heavy atom. The van der Waals surface area contributed by atoms with Crippen molar-refractivity contribution in [1.82, 2.24) is 0 Å². The first kappa shape index (κ1) is 17.8. The monoisotopic (exact) mass is 278 g/mol. The van der Waals surface area contributed by atoms with Crippen LogP contribution in [0.25, 0.3) is 0 Å². The number of hydrogen-bond acceptors (Lipinski definition) is 4. The molecule has 0 radical (unpaired) electrons. The Hall–Kier alpha value is -0.180. The van der Waals surface area contributed by atoms with Crippen LogP contribution in [0.2, 0.25) is 0 Å². The Balaban J connectivity index is 3.26. The first-order chi connectivity index (χ1) is 8.68.